The van der Waals surface area contributed by atoms with Gasteiger partial charge in [-0.25, -0.2) is 13.4 Å². The number of aromatic nitrogens is 2. The lowest BCUT2D eigenvalue weighted by molar-refractivity contribution is -0.116. The van der Waals surface area contributed by atoms with E-state index < -0.39 is 21.6 Å². The molecule has 0 radical (unpaired) electrons. The van der Waals surface area contributed by atoms with Gasteiger partial charge in [0, 0.05) is 36.0 Å². The Bertz CT molecular complexity index is 1070. The van der Waals surface area contributed by atoms with Gasteiger partial charge in [-0.15, -0.1) is 0 Å². The first-order valence-corrected chi connectivity index (χ1v) is 12.0. The van der Waals surface area contributed by atoms with Crippen molar-refractivity contribution in [2.45, 2.75) is 50.3 Å². The van der Waals surface area contributed by atoms with Gasteiger partial charge < -0.3 is 9.88 Å². The largest absolute Gasteiger partial charge is 0.511 e. The van der Waals surface area contributed by atoms with Crippen LogP contribution in [0.1, 0.15) is 36.9 Å². The number of H-pyrrole nitrogens is 1. The average Bonchev–Trinajstić information content (AvgIpc) is 3.07. The molecule has 168 valence electrons. The van der Waals surface area contributed by atoms with Crippen LogP contribution in [0.15, 0.2) is 30.7 Å². The summed E-state index contributed by atoms with van der Waals surface area (Å²) in [7, 11) is -5.48. The molecule has 3 aliphatic carbocycles. The second kappa shape index (κ2) is 7.11. The van der Waals surface area contributed by atoms with Gasteiger partial charge in [-0.2, -0.15) is 17.5 Å². The number of alkyl halides is 3. The zero-order valence-electron chi connectivity index (χ0n) is 16.6. The van der Waals surface area contributed by atoms with E-state index in [2.05, 4.69) is 9.97 Å². The highest BCUT2D eigenvalue weighted by molar-refractivity contribution is 7.89. The van der Waals surface area contributed by atoms with Crippen LogP contribution >= 0.6 is 11.6 Å². The molecule has 6 rings (SSSR count). The molecule has 1 aromatic carbocycles. The zero-order valence-corrected chi connectivity index (χ0v) is 18.1. The van der Waals surface area contributed by atoms with Gasteiger partial charge in [-0.1, -0.05) is 11.6 Å². The lowest BCUT2D eigenvalue weighted by Crippen LogP contribution is -2.57. The SMILES string of the molecule is O=S(=O)(N1Cc2cc(Cl)ccc2N(Cc2cnc[nH]2)C(CC23CC(C2)C3)C1)C(F)(F)F. The molecule has 0 spiro atoms. The Labute approximate surface area is 183 Å². The van der Waals surface area contributed by atoms with Crippen molar-refractivity contribution >= 4 is 27.3 Å². The first-order valence-electron chi connectivity index (χ1n) is 10.2. The zero-order chi connectivity index (χ0) is 22.0. The van der Waals surface area contributed by atoms with E-state index in [0.717, 1.165) is 25.0 Å². The minimum atomic E-state index is -5.48. The van der Waals surface area contributed by atoms with Gasteiger partial charge in [0.1, 0.15) is 0 Å². The van der Waals surface area contributed by atoms with Crippen molar-refractivity contribution < 1.29 is 21.6 Å². The van der Waals surface area contributed by atoms with Crippen LogP contribution < -0.4 is 4.90 Å². The molecule has 1 unspecified atom stereocenters. The molecule has 0 amide bonds. The lowest BCUT2D eigenvalue weighted by atomic mass is 9.43. The summed E-state index contributed by atoms with van der Waals surface area (Å²) in [6.07, 6.45) is 7.08. The summed E-state index contributed by atoms with van der Waals surface area (Å²) in [6, 6.07) is 4.61. The average molecular weight is 475 g/mol. The molecule has 1 N–H and O–H groups in total. The van der Waals surface area contributed by atoms with E-state index in [-0.39, 0.29) is 18.5 Å². The Morgan fingerprint density at radius 2 is 2.00 bits per heavy atom. The van der Waals surface area contributed by atoms with Crippen molar-refractivity contribution in [1.29, 1.82) is 0 Å². The van der Waals surface area contributed by atoms with Crippen LogP contribution in [0.3, 0.4) is 0 Å². The van der Waals surface area contributed by atoms with Crippen molar-refractivity contribution in [1.82, 2.24) is 14.3 Å². The molecule has 2 bridgehead atoms. The van der Waals surface area contributed by atoms with Gasteiger partial charge in [0.25, 0.3) is 0 Å². The number of aromatic amines is 1. The molecule has 11 heteroatoms. The van der Waals surface area contributed by atoms with Crippen molar-refractivity contribution in [2.75, 3.05) is 11.4 Å². The summed E-state index contributed by atoms with van der Waals surface area (Å²) < 4.78 is 65.8. The Morgan fingerprint density at radius 3 is 2.58 bits per heavy atom. The van der Waals surface area contributed by atoms with Gasteiger partial charge in [-0.05, 0) is 60.8 Å². The van der Waals surface area contributed by atoms with Gasteiger partial charge in [-0.3, -0.25) is 0 Å². The smallest absolute Gasteiger partial charge is 0.361 e. The molecule has 1 aliphatic heterocycles. The van der Waals surface area contributed by atoms with Crippen LogP contribution in [0.2, 0.25) is 5.02 Å². The quantitative estimate of drug-likeness (QED) is 0.701. The number of nitrogens with one attached hydrogen (secondary N) is 1. The predicted octanol–water partition coefficient (Wildman–Crippen LogP) is 4.29. The highest BCUT2D eigenvalue weighted by atomic mass is 35.5. The number of halogens is 4. The normalized spacial score (nSPS) is 28.5. The Morgan fingerprint density at radius 1 is 1.26 bits per heavy atom. The Kier molecular flexibility index (Phi) is 4.84. The summed E-state index contributed by atoms with van der Waals surface area (Å²) in [6.45, 7) is -0.212. The minimum Gasteiger partial charge on any atom is -0.361 e. The van der Waals surface area contributed by atoms with Crippen LogP contribution in [0.4, 0.5) is 18.9 Å². The Balaban J connectivity index is 1.58. The number of rotatable bonds is 5. The number of imidazole rings is 1. The maximum Gasteiger partial charge on any atom is 0.511 e. The Hall–Kier alpha value is -1.78. The molecule has 3 fully saturated rings. The molecular weight excluding hydrogens is 453 g/mol. The van der Waals surface area contributed by atoms with E-state index in [1.54, 1.807) is 30.7 Å². The van der Waals surface area contributed by atoms with E-state index in [0.29, 0.717) is 39.5 Å². The maximum absolute atomic E-state index is 13.5. The van der Waals surface area contributed by atoms with Gasteiger partial charge >= 0.3 is 15.5 Å². The molecule has 2 aromatic rings. The van der Waals surface area contributed by atoms with Crippen molar-refractivity contribution in [3.8, 4) is 0 Å². The first kappa shape index (κ1) is 21.1. The standard InChI is InChI=1S/C20H22ClF3N4O2S/c21-15-1-2-18-14(3-15)9-27(31(29,30)20(22,23)24)11-17(7-19-4-13(5-19)6-19)28(18)10-16-8-25-12-26-16/h1-3,8,12-13,17H,4-7,9-11H2,(H,25,26). The van der Waals surface area contributed by atoms with E-state index in [1.807, 2.05) is 4.90 Å². The van der Waals surface area contributed by atoms with Crippen LogP contribution in [-0.2, 0) is 23.1 Å². The van der Waals surface area contributed by atoms with Crippen molar-refractivity contribution in [3.63, 3.8) is 0 Å². The van der Waals surface area contributed by atoms with Crippen LogP contribution in [0.5, 0.6) is 0 Å². The topological polar surface area (TPSA) is 69.3 Å². The lowest BCUT2D eigenvalue weighted by Gasteiger charge is -2.63. The maximum atomic E-state index is 13.5. The van der Waals surface area contributed by atoms with Gasteiger partial charge in [0.15, 0.2) is 0 Å². The number of benzene rings is 1. The number of hydrogen-bond donors (Lipinski definition) is 1. The molecule has 6 nitrogen and oxygen atoms in total. The summed E-state index contributed by atoms with van der Waals surface area (Å²) in [5, 5.41) is 0.350. The van der Waals surface area contributed by atoms with E-state index >= 15 is 0 Å². The molecular formula is C20H22ClF3N4O2S. The van der Waals surface area contributed by atoms with Gasteiger partial charge in [0.2, 0.25) is 0 Å². The fraction of sp³-hybridized carbons (Fsp3) is 0.550. The summed E-state index contributed by atoms with van der Waals surface area (Å²) in [5.74, 6) is 0.716. The summed E-state index contributed by atoms with van der Waals surface area (Å²) >= 11 is 6.13. The van der Waals surface area contributed by atoms with E-state index in [4.69, 9.17) is 11.6 Å². The molecule has 1 atom stereocenters. The molecule has 2 heterocycles. The second-order valence-electron chi connectivity index (χ2n) is 9.06. The molecule has 31 heavy (non-hydrogen) atoms. The van der Waals surface area contributed by atoms with Crippen LogP contribution in [0, 0.1) is 11.3 Å². The molecule has 4 aliphatic rings. The second-order valence-corrected chi connectivity index (χ2v) is 11.4. The van der Waals surface area contributed by atoms with Crippen LogP contribution in [-0.4, -0.2) is 40.8 Å². The van der Waals surface area contributed by atoms with Crippen LogP contribution in [0.25, 0.3) is 0 Å². The number of hydrogen-bond acceptors (Lipinski definition) is 4. The third-order valence-electron chi connectivity index (χ3n) is 6.91. The molecule has 3 saturated carbocycles. The predicted molar refractivity (Wildman–Crippen MR) is 110 cm³/mol. The summed E-state index contributed by atoms with van der Waals surface area (Å²) in [4.78, 5) is 9.11. The first-order chi connectivity index (χ1) is 14.6. The molecule has 0 saturated heterocycles. The fourth-order valence-corrected chi connectivity index (χ4v) is 6.59. The minimum absolute atomic E-state index is 0.117. The van der Waals surface area contributed by atoms with Crippen molar-refractivity contribution in [3.05, 3.63) is 47.0 Å². The summed E-state index contributed by atoms with van der Waals surface area (Å²) in [5.41, 5.74) is -3.27. The number of nitrogens with zero attached hydrogens (tertiary/aromatic N) is 3. The monoisotopic (exact) mass is 474 g/mol. The molecule has 1 aromatic heterocycles. The number of sulfonamides is 1. The third kappa shape index (κ3) is 3.62. The fourth-order valence-electron chi connectivity index (χ4n) is 5.43. The third-order valence-corrected chi connectivity index (χ3v) is 8.69. The highest BCUT2D eigenvalue weighted by Gasteiger charge is 2.58. The number of fused-ring (bicyclic) bond motifs is 1. The van der Waals surface area contributed by atoms with E-state index in [9.17, 15) is 21.6 Å². The van der Waals surface area contributed by atoms with Gasteiger partial charge in [0.05, 0.1) is 18.6 Å². The number of anilines is 1. The highest BCUT2D eigenvalue weighted by Crippen LogP contribution is 2.67. The van der Waals surface area contributed by atoms with Crippen molar-refractivity contribution in [2.24, 2.45) is 11.3 Å². The van der Waals surface area contributed by atoms with E-state index in [1.165, 1.54) is 0 Å².